The first kappa shape index (κ1) is 19.1. The third kappa shape index (κ3) is 4.77. The lowest BCUT2D eigenvalue weighted by Crippen LogP contribution is -2.36. The Kier molecular flexibility index (Phi) is 5.79. The topological polar surface area (TPSA) is 76.7 Å². The summed E-state index contributed by atoms with van der Waals surface area (Å²) in [6.45, 7) is 0.211. The average Bonchev–Trinajstić information content (AvgIpc) is 3.21. The van der Waals surface area contributed by atoms with E-state index in [-0.39, 0.29) is 24.6 Å². The molecule has 150 valence electrons. The first-order valence-electron chi connectivity index (χ1n) is 9.98. The number of ether oxygens (including phenoxy) is 2. The summed E-state index contributed by atoms with van der Waals surface area (Å²) in [7, 11) is 0. The van der Waals surface area contributed by atoms with Gasteiger partial charge in [0.15, 0.2) is 11.5 Å². The summed E-state index contributed by atoms with van der Waals surface area (Å²) in [6, 6.07) is 12.8. The molecule has 0 atom stereocenters. The fourth-order valence-electron chi connectivity index (χ4n) is 3.66. The standard InChI is InChI=1S/C23H24N2O4/c26-22(13-11-16-10-12-20-21(14-16)29-15-28-20)25-19-9-5-4-8-18(19)23(27)24-17-6-2-1-3-7-17/h4-5,8-14,17H,1-3,6-7,15H2,(H,24,27)(H,25,26). The van der Waals surface area contributed by atoms with E-state index in [9.17, 15) is 9.59 Å². The predicted molar refractivity (Wildman–Crippen MR) is 111 cm³/mol. The minimum absolute atomic E-state index is 0.146. The van der Waals surface area contributed by atoms with Crippen LogP contribution < -0.4 is 20.1 Å². The number of nitrogens with one attached hydrogen (secondary N) is 2. The Morgan fingerprint density at radius 2 is 1.76 bits per heavy atom. The third-order valence-corrected chi connectivity index (χ3v) is 5.19. The number of hydrogen-bond acceptors (Lipinski definition) is 4. The van der Waals surface area contributed by atoms with Gasteiger partial charge in [-0.1, -0.05) is 37.5 Å². The van der Waals surface area contributed by atoms with Gasteiger partial charge in [-0.05, 0) is 48.7 Å². The van der Waals surface area contributed by atoms with E-state index in [1.165, 1.54) is 12.5 Å². The highest BCUT2D eigenvalue weighted by Gasteiger charge is 2.19. The van der Waals surface area contributed by atoms with Crippen LogP contribution in [-0.2, 0) is 4.79 Å². The van der Waals surface area contributed by atoms with Crippen LogP contribution in [0, 0.1) is 0 Å². The van der Waals surface area contributed by atoms with Crippen LogP contribution in [0.5, 0.6) is 11.5 Å². The molecule has 2 aromatic rings. The molecule has 29 heavy (non-hydrogen) atoms. The van der Waals surface area contributed by atoms with Crippen LogP contribution in [0.3, 0.4) is 0 Å². The fraction of sp³-hybridized carbons (Fsp3) is 0.304. The van der Waals surface area contributed by atoms with Crippen molar-refractivity contribution in [2.45, 2.75) is 38.1 Å². The van der Waals surface area contributed by atoms with Gasteiger partial charge in [-0.25, -0.2) is 0 Å². The lowest BCUT2D eigenvalue weighted by molar-refractivity contribution is -0.111. The predicted octanol–water partition coefficient (Wildman–Crippen LogP) is 4.13. The lowest BCUT2D eigenvalue weighted by Gasteiger charge is -2.23. The summed E-state index contributed by atoms with van der Waals surface area (Å²) in [6.07, 6.45) is 8.68. The zero-order chi connectivity index (χ0) is 20.1. The number of fused-ring (bicyclic) bond motifs is 1. The van der Waals surface area contributed by atoms with E-state index in [2.05, 4.69) is 10.6 Å². The normalized spacial score (nSPS) is 16.0. The van der Waals surface area contributed by atoms with E-state index in [1.54, 1.807) is 30.3 Å². The molecule has 6 heteroatoms. The van der Waals surface area contributed by atoms with E-state index in [4.69, 9.17) is 9.47 Å². The van der Waals surface area contributed by atoms with Crippen molar-refractivity contribution in [3.05, 3.63) is 59.7 Å². The van der Waals surface area contributed by atoms with E-state index < -0.39 is 0 Å². The largest absolute Gasteiger partial charge is 0.454 e. The molecule has 0 bridgehead atoms. The molecule has 1 heterocycles. The molecule has 2 amide bonds. The van der Waals surface area contributed by atoms with Crippen molar-refractivity contribution < 1.29 is 19.1 Å². The van der Waals surface area contributed by atoms with Crippen molar-refractivity contribution in [1.29, 1.82) is 0 Å². The molecule has 4 rings (SSSR count). The summed E-state index contributed by atoms with van der Waals surface area (Å²) in [5.41, 5.74) is 1.80. The summed E-state index contributed by atoms with van der Waals surface area (Å²) in [5, 5.41) is 5.91. The minimum Gasteiger partial charge on any atom is -0.454 e. The smallest absolute Gasteiger partial charge is 0.253 e. The molecule has 2 N–H and O–H groups in total. The molecule has 1 aliphatic carbocycles. The molecular weight excluding hydrogens is 368 g/mol. The number of benzene rings is 2. The molecule has 6 nitrogen and oxygen atoms in total. The number of para-hydroxylation sites is 1. The molecular formula is C23H24N2O4. The van der Waals surface area contributed by atoms with Crippen molar-refractivity contribution in [1.82, 2.24) is 5.32 Å². The summed E-state index contributed by atoms with van der Waals surface area (Å²) < 4.78 is 10.6. The van der Waals surface area contributed by atoms with Crippen LogP contribution in [-0.4, -0.2) is 24.6 Å². The Labute approximate surface area is 169 Å². The van der Waals surface area contributed by atoms with Crippen LogP contribution in [0.2, 0.25) is 0 Å². The molecule has 0 saturated heterocycles. The number of hydrogen-bond donors (Lipinski definition) is 2. The Balaban J connectivity index is 1.41. The van der Waals surface area contributed by atoms with Gasteiger partial charge in [0, 0.05) is 12.1 Å². The maximum absolute atomic E-state index is 12.7. The van der Waals surface area contributed by atoms with Gasteiger partial charge in [0.05, 0.1) is 11.3 Å². The monoisotopic (exact) mass is 392 g/mol. The zero-order valence-corrected chi connectivity index (χ0v) is 16.1. The SMILES string of the molecule is O=C(C=Cc1ccc2c(c1)OCO2)Nc1ccccc1C(=O)NC1CCCCC1. The van der Waals surface area contributed by atoms with Crippen LogP contribution in [0.4, 0.5) is 5.69 Å². The maximum atomic E-state index is 12.7. The molecule has 2 aliphatic rings. The summed E-state index contributed by atoms with van der Waals surface area (Å²) >= 11 is 0. The van der Waals surface area contributed by atoms with Gasteiger partial charge in [0.2, 0.25) is 12.7 Å². The number of rotatable bonds is 5. The van der Waals surface area contributed by atoms with Crippen molar-refractivity contribution in [3.63, 3.8) is 0 Å². The van der Waals surface area contributed by atoms with Crippen LogP contribution in [0.15, 0.2) is 48.5 Å². The van der Waals surface area contributed by atoms with Gasteiger partial charge in [0.25, 0.3) is 5.91 Å². The van der Waals surface area contributed by atoms with E-state index in [0.717, 1.165) is 31.2 Å². The summed E-state index contributed by atoms with van der Waals surface area (Å²) in [5.74, 6) is 0.912. The quantitative estimate of drug-likeness (QED) is 0.750. The second-order valence-corrected chi connectivity index (χ2v) is 7.29. The maximum Gasteiger partial charge on any atom is 0.253 e. The zero-order valence-electron chi connectivity index (χ0n) is 16.1. The number of carbonyl (C=O) groups is 2. The molecule has 0 unspecified atom stereocenters. The Bertz CT molecular complexity index is 932. The molecule has 0 aromatic heterocycles. The average molecular weight is 392 g/mol. The van der Waals surface area contributed by atoms with Gasteiger partial charge in [-0.3, -0.25) is 9.59 Å². The Morgan fingerprint density at radius 3 is 2.62 bits per heavy atom. The first-order valence-corrected chi connectivity index (χ1v) is 9.98. The van der Waals surface area contributed by atoms with Crippen molar-refractivity contribution in [2.75, 3.05) is 12.1 Å². The number of anilines is 1. The molecule has 0 spiro atoms. The third-order valence-electron chi connectivity index (χ3n) is 5.19. The fourth-order valence-corrected chi connectivity index (χ4v) is 3.66. The van der Waals surface area contributed by atoms with E-state index in [0.29, 0.717) is 22.7 Å². The van der Waals surface area contributed by atoms with Crippen molar-refractivity contribution in [2.24, 2.45) is 0 Å². The number of carbonyl (C=O) groups excluding carboxylic acids is 2. The molecule has 1 saturated carbocycles. The Hall–Kier alpha value is -3.28. The first-order chi connectivity index (χ1) is 14.2. The van der Waals surface area contributed by atoms with E-state index >= 15 is 0 Å². The molecule has 1 aliphatic heterocycles. The van der Waals surface area contributed by atoms with Crippen molar-refractivity contribution >= 4 is 23.6 Å². The van der Waals surface area contributed by atoms with E-state index in [1.807, 2.05) is 18.2 Å². The molecule has 2 aromatic carbocycles. The molecule has 1 fully saturated rings. The van der Waals surface area contributed by atoms with Crippen molar-refractivity contribution in [3.8, 4) is 11.5 Å². The van der Waals surface area contributed by atoms with Gasteiger partial charge < -0.3 is 20.1 Å². The van der Waals surface area contributed by atoms with Gasteiger partial charge in [0.1, 0.15) is 0 Å². The highest BCUT2D eigenvalue weighted by molar-refractivity contribution is 6.07. The summed E-state index contributed by atoms with van der Waals surface area (Å²) in [4.78, 5) is 25.1. The molecule has 0 radical (unpaired) electrons. The highest BCUT2D eigenvalue weighted by Crippen LogP contribution is 2.32. The van der Waals surface area contributed by atoms with Gasteiger partial charge >= 0.3 is 0 Å². The van der Waals surface area contributed by atoms with Crippen LogP contribution >= 0.6 is 0 Å². The Morgan fingerprint density at radius 1 is 0.966 bits per heavy atom. The number of amides is 2. The van der Waals surface area contributed by atoms with Crippen LogP contribution in [0.1, 0.15) is 48.0 Å². The van der Waals surface area contributed by atoms with Gasteiger partial charge in [-0.15, -0.1) is 0 Å². The second-order valence-electron chi connectivity index (χ2n) is 7.29. The minimum atomic E-state index is -0.305. The van der Waals surface area contributed by atoms with Gasteiger partial charge in [-0.2, -0.15) is 0 Å². The lowest BCUT2D eigenvalue weighted by atomic mass is 9.95. The highest BCUT2D eigenvalue weighted by atomic mass is 16.7. The van der Waals surface area contributed by atoms with Crippen LogP contribution in [0.25, 0.3) is 6.08 Å². The second kappa shape index (κ2) is 8.82.